The van der Waals surface area contributed by atoms with E-state index in [1.54, 1.807) is 0 Å². The van der Waals surface area contributed by atoms with E-state index in [2.05, 4.69) is 0 Å². The van der Waals surface area contributed by atoms with Gasteiger partial charge in [-0.3, -0.25) is 10.1 Å². The predicted molar refractivity (Wildman–Crippen MR) is 23.6 cm³/mol. The van der Waals surface area contributed by atoms with Gasteiger partial charge in [0.15, 0.2) is 0 Å². The highest BCUT2D eigenvalue weighted by Gasteiger charge is 2.26. The molecule has 6 heteroatoms. The normalized spacial score (nSPS) is 11.4. The van der Waals surface area contributed by atoms with Gasteiger partial charge in [-0.05, 0) is 0 Å². The van der Waals surface area contributed by atoms with Crippen LogP contribution in [0.1, 0.15) is 6.42 Å². The Kier molecular flexibility index (Phi) is 2.44. The first-order chi connectivity index (χ1) is 3.92. The third kappa shape index (κ3) is 7.22. The smallest absolute Gasteiger partial charge is 0.336 e. The first kappa shape index (κ1) is 8.22. The molecule has 0 radical (unpaired) electrons. The molecule has 1 N–H and O–H groups in total. The van der Waals surface area contributed by atoms with Crippen LogP contribution in [0.3, 0.4) is 0 Å². The molecule has 0 amide bonds. The topological polar surface area (TPSA) is 63.4 Å². The molecule has 0 aromatic rings. The van der Waals surface area contributed by atoms with Crippen molar-refractivity contribution in [3.05, 3.63) is 10.1 Å². The highest BCUT2D eigenvalue weighted by Crippen LogP contribution is 2.12. The summed E-state index contributed by atoms with van der Waals surface area (Å²) in [4.78, 5) is 8.49. The number of hydrogen-bond acceptors (Lipinski definition) is 3. The Morgan fingerprint density at radius 3 is 2.22 bits per heavy atom. The van der Waals surface area contributed by atoms with Gasteiger partial charge in [-0.1, -0.05) is 0 Å². The number of rotatable bonds is 3. The molecule has 0 heterocycles. The standard InChI is InChI=1S/C3H5F2NO3/c4-3(5,7)1-2-6(8)9/h7H,1-2H2. The zero-order valence-corrected chi connectivity index (χ0v) is 4.38. The molecule has 0 saturated heterocycles. The monoisotopic (exact) mass is 141 g/mol. The third-order valence-corrected chi connectivity index (χ3v) is 0.595. The van der Waals surface area contributed by atoms with Crippen molar-refractivity contribution in [2.75, 3.05) is 6.54 Å². The minimum absolute atomic E-state index is 0.913. The molecule has 0 aliphatic heterocycles. The Morgan fingerprint density at radius 1 is 1.67 bits per heavy atom. The third-order valence-electron chi connectivity index (χ3n) is 0.595. The molecular weight excluding hydrogens is 136 g/mol. The zero-order chi connectivity index (χ0) is 7.49. The van der Waals surface area contributed by atoms with Crippen LogP contribution in [0, 0.1) is 10.1 Å². The molecule has 0 unspecified atom stereocenters. The summed E-state index contributed by atoms with van der Waals surface area (Å²) >= 11 is 0. The molecule has 54 valence electrons. The average molecular weight is 141 g/mol. The largest absolute Gasteiger partial charge is 0.359 e. The number of nitro groups is 1. The molecule has 0 aromatic carbocycles. The second kappa shape index (κ2) is 2.67. The van der Waals surface area contributed by atoms with Crippen molar-refractivity contribution < 1.29 is 18.8 Å². The van der Waals surface area contributed by atoms with E-state index < -0.39 is 24.0 Å². The highest BCUT2D eigenvalue weighted by atomic mass is 19.3. The maximum Gasteiger partial charge on any atom is 0.359 e. The van der Waals surface area contributed by atoms with Gasteiger partial charge in [-0.2, -0.15) is 8.78 Å². The average Bonchev–Trinajstić information content (AvgIpc) is 1.59. The van der Waals surface area contributed by atoms with Crippen LogP contribution in [-0.2, 0) is 0 Å². The van der Waals surface area contributed by atoms with Crippen LogP contribution in [0.4, 0.5) is 8.78 Å². The van der Waals surface area contributed by atoms with Crippen LogP contribution >= 0.6 is 0 Å². The summed E-state index contributed by atoms with van der Waals surface area (Å²) in [5, 5.41) is 17.0. The fourth-order valence-electron chi connectivity index (χ4n) is 0.226. The number of nitrogens with zero attached hydrogens (tertiary/aromatic N) is 1. The summed E-state index contributed by atoms with van der Waals surface area (Å²) in [5.41, 5.74) is 0. The maximum absolute atomic E-state index is 11.3. The molecule has 0 atom stereocenters. The van der Waals surface area contributed by atoms with Gasteiger partial charge >= 0.3 is 6.11 Å². The van der Waals surface area contributed by atoms with Crippen LogP contribution in [0.5, 0.6) is 0 Å². The first-order valence-electron chi connectivity index (χ1n) is 2.14. The van der Waals surface area contributed by atoms with Crippen molar-refractivity contribution in [3.8, 4) is 0 Å². The fraction of sp³-hybridized carbons (Fsp3) is 1.00. The number of hydrogen-bond donors (Lipinski definition) is 1. The quantitative estimate of drug-likeness (QED) is 0.452. The first-order valence-corrected chi connectivity index (χ1v) is 2.14. The molecule has 0 fully saturated rings. The zero-order valence-electron chi connectivity index (χ0n) is 4.38. The minimum Gasteiger partial charge on any atom is -0.336 e. The Morgan fingerprint density at radius 2 is 2.11 bits per heavy atom. The van der Waals surface area contributed by atoms with E-state index >= 15 is 0 Å². The predicted octanol–water partition coefficient (Wildman–Crippen LogP) is 0.238. The van der Waals surface area contributed by atoms with E-state index in [1.807, 2.05) is 0 Å². The summed E-state index contributed by atoms with van der Waals surface area (Å²) in [6.07, 6.45) is -5.03. The Hall–Kier alpha value is -0.780. The van der Waals surface area contributed by atoms with Gasteiger partial charge in [-0.25, -0.2) is 0 Å². The van der Waals surface area contributed by atoms with Crippen molar-refractivity contribution in [2.45, 2.75) is 12.5 Å². The van der Waals surface area contributed by atoms with Crippen LogP contribution < -0.4 is 0 Å². The van der Waals surface area contributed by atoms with Crippen LogP contribution in [0.2, 0.25) is 0 Å². The maximum atomic E-state index is 11.3. The second-order valence-electron chi connectivity index (χ2n) is 1.47. The van der Waals surface area contributed by atoms with Crippen molar-refractivity contribution in [1.29, 1.82) is 0 Å². The van der Waals surface area contributed by atoms with Gasteiger partial charge in [0.25, 0.3) is 0 Å². The molecule has 0 rings (SSSR count). The van der Waals surface area contributed by atoms with E-state index in [9.17, 15) is 18.9 Å². The summed E-state index contributed by atoms with van der Waals surface area (Å²) in [5.74, 6) is 0. The molecule has 4 nitrogen and oxygen atoms in total. The Bertz CT molecular complexity index is 110. The second-order valence-corrected chi connectivity index (χ2v) is 1.47. The molecule has 0 aromatic heterocycles. The van der Waals surface area contributed by atoms with E-state index in [1.165, 1.54) is 0 Å². The van der Waals surface area contributed by atoms with E-state index in [0.29, 0.717) is 0 Å². The lowest BCUT2D eigenvalue weighted by atomic mass is 10.4. The van der Waals surface area contributed by atoms with E-state index in [0.717, 1.165) is 0 Å². The lowest BCUT2D eigenvalue weighted by molar-refractivity contribution is -0.488. The lowest BCUT2D eigenvalue weighted by Gasteiger charge is -2.02. The summed E-state index contributed by atoms with van der Waals surface area (Å²) in [6, 6.07) is 0. The van der Waals surface area contributed by atoms with Crippen LogP contribution in [0.25, 0.3) is 0 Å². The molecule has 0 aliphatic carbocycles. The summed E-state index contributed by atoms with van der Waals surface area (Å²) in [6.45, 7) is -0.913. The van der Waals surface area contributed by atoms with Gasteiger partial charge in [0, 0.05) is 4.92 Å². The summed E-state index contributed by atoms with van der Waals surface area (Å²) in [7, 11) is 0. The van der Waals surface area contributed by atoms with E-state index in [-0.39, 0.29) is 0 Å². The van der Waals surface area contributed by atoms with Crippen molar-refractivity contribution in [2.24, 2.45) is 0 Å². The van der Waals surface area contributed by atoms with Gasteiger partial charge in [-0.15, -0.1) is 0 Å². The number of alkyl halides is 2. The Labute approximate surface area is 49.2 Å². The van der Waals surface area contributed by atoms with Crippen LogP contribution in [0.15, 0.2) is 0 Å². The van der Waals surface area contributed by atoms with Crippen molar-refractivity contribution in [3.63, 3.8) is 0 Å². The lowest BCUT2D eigenvalue weighted by Crippen LogP contribution is -2.19. The Balaban J connectivity index is 3.39. The van der Waals surface area contributed by atoms with Gasteiger partial charge < -0.3 is 5.11 Å². The SMILES string of the molecule is O=[N+]([O-])CCC(O)(F)F. The minimum atomic E-state index is -3.91. The van der Waals surface area contributed by atoms with Gasteiger partial charge in [0.05, 0.1) is 0 Å². The number of halogens is 2. The molecule has 0 spiro atoms. The van der Waals surface area contributed by atoms with E-state index in [4.69, 9.17) is 5.11 Å². The highest BCUT2D eigenvalue weighted by molar-refractivity contribution is 4.45. The molecular formula is C3H5F2NO3. The summed E-state index contributed by atoms with van der Waals surface area (Å²) < 4.78 is 22.7. The fourth-order valence-corrected chi connectivity index (χ4v) is 0.226. The van der Waals surface area contributed by atoms with Gasteiger partial charge in [0.1, 0.15) is 6.42 Å². The molecule has 9 heavy (non-hydrogen) atoms. The van der Waals surface area contributed by atoms with Gasteiger partial charge in [0.2, 0.25) is 6.54 Å². The van der Waals surface area contributed by atoms with Crippen molar-refractivity contribution in [1.82, 2.24) is 0 Å². The van der Waals surface area contributed by atoms with Crippen LogP contribution in [-0.4, -0.2) is 22.7 Å². The molecule has 0 bridgehead atoms. The number of aliphatic hydroxyl groups is 1. The molecule has 0 saturated carbocycles. The van der Waals surface area contributed by atoms with Crippen molar-refractivity contribution >= 4 is 0 Å². The molecule has 0 aliphatic rings.